The minimum atomic E-state index is -0.506. The first-order valence-corrected chi connectivity index (χ1v) is 7.60. The van der Waals surface area contributed by atoms with E-state index in [1.54, 1.807) is 0 Å². The largest absolute Gasteiger partial charge is 0.279 e. The van der Waals surface area contributed by atoms with Crippen molar-refractivity contribution in [1.29, 1.82) is 0 Å². The van der Waals surface area contributed by atoms with E-state index in [0.717, 1.165) is 16.7 Å². The molecule has 0 amide bonds. The van der Waals surface area contributed by atoms with Crippen LogP contribution in [0.3, 0.4) is 0 Å². The highest BCUT2D eigenvalue weighted by Crippen LogP contribution is 2.19. The summed E-state index contributed by atoms with van der Waals surface area (Å²) in [6.07, 6.45) is 0. The zero-order valence-electron chi connectivity index (χ0n) is 13.2. The van der Waals surface area contributed by atoms with Crippen LogP contribution in [0.25, 0.3) is 11.1 Å². The molecular weight excluding hydrogens is 314 g/mol. The quantitative estimate of drug-likeness (QED) is 0.308. The highest BCUT2D eigenvalue weighted by molar-refractivity contribution is 6.09. The van der Waals surface area contributed by atoms with E-state index in [2.05, 4.69) is 11.8 Å². The molecule has 3 aromatic carbocycles. The molecule has 0 bridgehead atoms. The Kier molecular flexibility index (Phi) is 4.68. The van der Waals surface area contributed by atoms with Crippen LogP contribution in [0.15, 0.2) is 78.9 Å². The minimum absolute atomic E-state index is 0.0546. The van der Waals surface area contributed by atoms with Gasteiger partial charge in [0.05, 0.1) is 4.92 Å². The highest BCUT2D eigenvalue weighted by Gasteiger charge is 2.07. The molecule has 0 aliphatic rings. The van der Waals surface area contributed by atoms with Gasteiger partial charge in [-0.1, -0.05) is 48.4 Å². The molecule has 0 aromatic heterocycles. The van der Waals surface area contributed by atoms with Crippen LogP contribution in [0.2, 0.25) is 0 Å². The molecular formula is C21H13NO3. The molecule has 0 spiro atoms. The fourth-order valence-electron chi connectivity index (χ4n) is 2.31. The summed E-state index contributed by atoms with van der Waals surface area (Å²) in [5.41, 5.74) is 3.20. The van der Waals surface area contributed by atoms with Crippen LogP contribution in [0, 0.1) is 22.0 Å². The monoisotopic (exact) mass is 327 g/mol. The predicted molar refractivity (Wildman–Crippen MR) is 96.2 cm³/mol. The van der Waals surface area contributed by atoms with Crippen molar-refractivity contribution in [3.8, 4) is 23.0 Å². The van der Waals surface area contributed by atoms with Crippen LogP contribution in [-0.2, 0) is 0 Å². The molecule has 4 nitrogen and oxygen atoms in total. The Hall–Kier alpha value is -3.71. The zero-order valence-corrected chi connectivity index (χ0v) is 13.2. The molecule has 0 aliphatic carbocycles. The SMILES string of the molecule is O=C(C#Cc1ccc(-c2ccccc2)cc1)c1ccc([N+](=O)[O-])cc1. The number of nitrogens with zero attached hydrogens (tertiary/aromatic N) is 1. The van der Waals surface area contributed by atoms with Gasteiger partial charge in [0, 0.05) is 23.3 Å². The minimum Gasteiger partial charge on any atom is -0.279 e. The van der Waals surface area contributed by atoms with Gasteiger partial charge in [0.25, 0.3) is 5.69 Å². The Labute approximate surface area is 144 Å². The van der Waals surface area contributed by atoms with Crippen molar-refractivity contribution in [2.75, 3.05) is 0 Å². The Morgan fingerprint density at radius 2 is 1.40 bits per heavy atom. The van der Waals surface area contributed by atoms with Crippen LogP contribution in [-0.4, -0.2) is 10.7 Å². The van der Waals surface area contributed by atoms with E-state index in [4.69, 9.17) is 0 Å². The van der Waals surface area contributed by atoms with Crippen molar-refractivity contribution in [3.63, 3.8) is 0 Å². The molecule has 120 valence electrons. The molecule has 0 radical (unpaired) electrons. The van der Waals surface area contributed by atoms with Crippen LogP contribution in [0.1, 0.15) is 15.9 Å². The molecule has 25 heavy (non-hydrogen) atoms. The topological polar surface area (TPSA) is 60.2 Å². The van der Waals surface area contributed by atoms with E-state index in [1.807, 2.05) is 54.6 Å². The Bertz CT molecular complexity index is 964. The number of carbonyl (C=O) groups excluding carboxylic acids is 1. The number of hydrogen-bond donors (Lipinski definition) is 0. The summed E-state index contributed by atoms with van der Waals surface area (Å²) >= 11 is 0. The van der Waals surface area contributed by atoms with E-state index in [-0.39, 0.29) is 11.5 Å². The van der Waals surface area contributed by atoms with Crippen LogP contribution < -0.4 is 0 Å². The first-order valence-electron chi connectivity index (χ1n) is 7.60. The van der Waals surface area contributed by atoms with Crippen molar-refractivity contribution in [2.24, 2.45) is 0 Å². The van der Waals surface area contributed by atoms with E-state index in [0.29, 0.717) is 5.56 Å². The molecule has 0 saturated heterocycles. The lowest BCUT2D eigenvalue weighted by Crippen LogP contribution is -1.96. The van der Waals surface area contributed by atoms with Crippen molar-refractivity contribution in [2.45, 2.75) is 0 Å². The maximum absolute atomic E-state index is 12.0. The van der Waals surface area contributed by atoms with Crippen LogP contribution in [0.5, 0.6) is 0 Å². The smallest absolute Gasteiger partial charge is 0.269 e. The first kappa shape index (κ1) is 16.2. The number of rotatable bonds is 3. The maximum Gasteiger partial charge on any atom is 0.269 e. The summed E-state index contributed by atoms with van der Waals surface area (Å²) in [5.74, 6) is 5.02. The lowest BCUT2D eigenvalue weighted by atomic mass is 10.0. The van der Waals surface area contributed by atoms with Gasteiger partial charge in [-0.3, -0.25) is 14.9 Å². The first-order chi connectivity index (χ1) is 12.1. The highest BCUT2D eigenvalue weighted by atomic mass is 16.6. The molecule has 0 atom stereocenters. The number of benzene rings is 3. The maximum atomic E-state index is 12.0. The van der Waals surface area contributed by atoms with Gasteiger partial charge < -0.3 is 0 Å². The second-order valence-electron chi connectivity index (χ2n) is 5.33. The van der Waals surface area contributed by atoms with E-state index in [9.17, 15) is 14.9 Å². The standard InChI is InChI=1S/C21H13NO3/c23-21(19-11-13-20(14-12-19)22(24)25)15-8-16-6-9-18(10-7-16)17-4-2-1-3-5-17/h1-7,9-14H. The molecule has 0 fully saturated rings. The summed E-state index contributed by atoms with van der Waals surface area (Å²) in [6, 6.07) is 23.0. The summed E-state index contributed by atoms with van der Waals surface area (Å²) in [4.78, 5) is 22.2. The van der Waals surface area contributed by atoms with E-state index >= 15 is 0 Å². The Morgan fingerprint density at radius 1 is 0.800 bits per heavy atom. The van der Waals surface area contributed by atoms with Gasteiger partial charge in [0.15, 0.2) is 0 Å². The van der Waals surface area contributed by atoms with Crippen molar-refractivity contribution in [3.05, 3.63) is 100 Å². The molecule has 0 aliphatic heterocycles. The third kappa shape index (κ3) is 3.98. The number of nitro benzene ring substituents is 1. The van der Waals surface area contributed by atoms with Crippen molar-refractivity contribution < 1.29 is 9.72 Å². The Morgan fingerprint density at radius 3 is 2.00 bits per heavy atom. The fourth-order valence-corrected chi connectivity index (χ4v) is 2.31. The van der Waals surface area contributed by atoms with Crippen LogP contribution in [0.4, 0.5) is 5.69 Å². The number of Topliss-reactive ketones (excluding diaryl/α,β-unsaturated/α-hetero) is 1. The molecule has 3 rings (SSSR count). The molecule has 0 heterocycles. The molecule has 4 heteroatoms. The van der Waals surface area contributed by atoms with Crippen LogP contribution >= 0.6 is 0 Å². The average Bonchev–Trinajstić information content (AvgIpc) is 2.67. The summed E-state index contributed by atoms with van der Waals surface area (Å²) in [5, 5.41) is 10.6. The second-order valence-corrected chi connectivity index (χ2v) is 5.33. The van der Waals surface area contributed by atoms with E-state index < -0.39 is 4.92 Å². The van der Waals surface area contributed by atoms with Crippen molar-refractivity contribution >= 4 is 11.5 Å². The van der Waals surface area contributed by atoms with Crippen molar-refractivity contribution in [1.82, 2.24) is 0 Å². The number of carbonyl (C=O) groups is 1. The average molecular weight is 327 g/mol. The summed E-state index contributed by atoms with van der Waals surface area (Å²) in [6.45, 7) is 0. The van der Waals surface area contributed by atoms with E-state index in [1.165, 1.54) is 24.3 Å². The number of nitro groups is 1. The lowest BCUT2D eigenvalue weighted by molar-refractivity contribution is -0.384. The Balaban J connectivity index is 1.74. The number of ketones is 1. The number of non-ortho nitro benzene ring substituents is 1. The molecule has 0 unspecified atom stereocenters. The van der Waals surface area contributed by atoms with Gasteiger partial charge in [-0.25, -0.2) is 0 Å². The summed E-state index contributed by atoms with van der Waals surface area (Å²) in [7, 11) is 0. The zero-order chi connectivity index (χ0) is 17.6. The van der Waals surface area contributed by atoms with Gasteiger partial charge in [0.2, 0.25) is 5.78 Å². The third-order valence-corrected chi connectivity index (χ3v) is 3.65. The lowest BCUT2D eigenvalue weighted by Gasteiger charge is -2.00. The van der Waals surface area contributed by atoms with Gasteiger partial charge in [-0.2, -0.15) is 0 Å². The summed E-state index contributed by atoms with van der Waals surface area (Å²) < 4.78 is 0. The number of hydrogen-bond acceptors (Lipinski definition) is 3. The van der Waals surface area contributed by atoms with Gasteiger partial charge in [-0.15, -0.1) is 0 Å². The molecule has 3 aromatic rings. The molecule has 0 N–H and O–H groups in total. The van der Waals surface area contributed by atoms with Gasteiger partial charge in [-0.05, 0) is 41.3 Å². The van der Waals surface area contributed by atoms with Gasteiger partial charge in [0.1, 0.15) is 0 Å². The second kappa shape index (κ2) is 7.24. The van der Waals surface area contributed by atoms with Gasteiger partial charge >= 0.3 is 0 Å². The normalized spacial score (nSPS) is 9.76. The fraction of sp³-hybridized carbons (Fsp3) is 0. The third-order valence-electron chi connectivity index (χ3n) is 3.65. The predicted octanol–water partition coefficient (Wildman–Crippen LogP) is 4.50. The molecule has 0 saturated carbocycles.